The third kappa shape index (κ3) is 3.53. The Morgan fingerprint density at radius 1 is 1.20 bits per heavy atom. The average Bonchev–Trinajstić information content (AvgIpc) is 2.98. The lowest BCUT2D eigenvalue weighted by Crippen LogP contribution is -2.55. The number of amides is 2. The number of rotatable bonds is 4. The number of carbonyl (C=O) groups is 2. The quantitative estimate of drug-likeness (QED) is 0.895. The van der Waals surface area contributed by atoms with Crippen molar-refractivity contribution in [2.24, 2.45) is 5.73 Å². The molecule has 25 heavy (non-hydrogen) atoms. The topological polar surface area (TPSA) is 75.9 Å². The van der Waals surface area contributed by atoms with Gasteiger partial charge in [0.25, 0.3) is 5.91 Å². The Kier molecular flexibility index (Phi) is 5.36. The van der Waals surface area contributed by atoms with E-state index < -0.39 is 6.04 Å². The molecule has 2 N–H and O–H groups in total. The molecule has 2 heterocycles. The van der Waals surface area contributed by atoms with Gasteiger partial charge in [-0.15, -0.1) is 11.3 Å². The summed E-state index contributed by atoms with van der Waals surface area (Å²) in [5.74, 6) is -0.0704. The molecule has 1 aliphatic rings. The zero-order chi connectivity index (χ0) is 18.0. The van der Waals surface area contributed by atoms with Crippen LogP contribution in [0, 0.1) is 6.92 Å². The standard InChI is InChI=1S/C18H23N3O3S/c1-12-13-5-3-4-6-15(13)25-16(12)18(23)21-9-7-20(8-10-21)17(22)14(19)11-24-2/h3-6,14H,7-11,19H2,1-2H3. The normalized spacial score (nSPS) is 16.3. The first-order chi connectivity index (χ1) is 12.0. The van der Waals surface area contributed by atoms with E-state index in [0.29, 0.717) is 26.2 Å². The first-order valence-corrected chi connectivity index (χ1v) is 9.15. The molecule has 0 radical (unpaired) electrons. The van der Waals surface area contributed by atoms with Crippen LogP contribution in [0.4, 0.5) is 0 Å². The number of methoxy groups -OCH3 is 1. The fraction of sp³-hybridized carbons (Fsp3) is 0.444. The number of ether oxygens (including phenoxy) is 1. The molecule has 0 bridgehead atoms. The molecule has 6 nitrogen and oxygen atoms in total. The minimum absolute atomic E-state index is 0.0481. The third-order valence-electron chi connectivity index (χ3n) is 4.58. The Balaban J connectivity index is 1.67. The predicted molar refractivity (Wildman–Crippen MR) is 98.9 cm³/mol. The summed E-state index contributed by atoms with van der Waals surface area (Å²) in [7, 11) is 1.52. The van der Waals surface area contributed by atoms with Gasteiger partial charge >= 0.3 is 0 Å². The van der Waals surface area contributed by atoms with E-state index in [0.717, 1.165) is 20.5 Å². The second-order valence-corrected chi connectivity index (χ2v) is 7.28. The summed E-state index contributed by atoms with van der Waals surface area (Å²) in [6.45, 7) is 4.27. The van der Waals surface area contributed by atoms with E-state index in [2.05, 4.69) is 0 Å². The molecule has 3 rings (SSSR count). The third-order valence-corrected chi connectivity index (χ3v) is 5.84. The maximum Gasteiger partial charge on any atom is 0.264 e. The van der Waals surface area contributed by atoms with Crippen molar-refractivity contribution in [2.75, 3.05) is 39.9 Å². The van der Waals surface area contributed by atoms with Gasteiger partial charge in [-0.1, -0.05) is 18.2 Å². The Morgan fingerprint density at radius 3 is 2.48 bits per heavy atom. The number of fused-ring (bicyclic) bond motifs is 1. The van der Waals surface area contributed by atoms with Gasteiger partial charge in [-0.05, 0) is 23.9 Å². The van der Waals surface area contributed by atoms with Crippen LogP contribution in [0.15, 0.2) is 24.3 Å². The summed E-state index contributed by atoms with van der Waals surface area (Å²) in [6, 6.07) is 7.42. The predicted octanol–water partition coefficient (Wildman–Crippen LogP) is 1.47. The largest absolute Gasteiger partial charge is 0.383 e. The molecule has 0 aliphatic carbocycles. The molecule has 1 aromatic carbocycles. The molecule has 7 heteroatoms. The molecule has 1 aliphatic heterocycles. The van der Waals surface area contributed by atoms with Gasteiger partial charge in [0.15, 0.2) is 0 Å². The molecule has 2 amide bonds. The van der Waals surface area contributed by atoms with E-state index in [1.54, 1.807) is 4.90 Å². The average molecular weight is 361 g/mol. The fourth-order valence-electron chi connectivity index (χ4n) is 3.14. The van der Waals surface area contributed by atoms with Gasteiger partial charge in [0.1, 0.15) is 6.04 Å². The molecule has 134 valence electrons. The molecular weight excluding hydrogens is 338 g/mol. The van der Waals surface area contributed by atoms with Crippen LogP contribution in [0.2, 0.25) is 0 Å². The highest BCUT2D eigenvalue weighted by Gasteiger charge is 2.29. The van der Waals surface area contributed by atoms with Crippen molar-refractivity contribution in [1.82, 2.24) is 9.80 Å². The molecule has 1 aromatic heterocycles. The molecule has 1 fully saturated rings. The lowest BCUT2D eigenvalue weighted by molar-refractivity contribution is -0.135. The van der Waals surface area contributed by atoms with E-state index in [9.17, 15) is 9.59 Å². The van der Waals surface area contributed by atoms with Crippen LogP contribution in [-0.4, -0.2) is 67.6 Å². The molecular formula is C18H23N3O3S. The fourth-order valence-corrected chi connectivity index (χ4v) is 4.31. The van der Waals surface area contributed by atoms with E-state index in [1.807, 2.05) is 36.1 Å². The van der Waals surface area contributed by atoms with Crippen molar-refractivity contribution in [1.29, 1.82) is 0 Å². The van der Waals surface area contributed by atoms with Crippen LogP contribution < -0.4 is 5.73 Å². The van der Waals surface area contributed by atoms with Gasteiger partial charge in [-0.2, -0.15) is 0 Å². The first kappa shape index (κ1) is 17.8. The molecule has 2 aromatic rings. The summed E-state index contributed by atoms with van der Waals surface area (Å²) < 4.78 is 6.07. The van der Waals surface area contributed by atoms with Gasteiger partial charge in [-0.3, -0.25) is 9.59 Å². The SMILES string of the molecule is COCC(N)C(=O)N1CCN(C(=O)c2sc3ccccc3c2C)CC1. The van der Waals surface area contributed by atoms with Gasteiger partial charge in [0.05, 0.1) is 11.5 Å². The minimum Gasteiger partial charge on any atom is -0.383 e. The van der Waals surface area contributed by atoms with Gasteiger partial charge in [0.2, 0.25) is 5.91 Å². The number of piperazine rings is 1. The van der Waals surface area contributed by atoms with Crippen molar-refractivity contribution >= 4 is 33.2 Å². The number of thiophene rings is 1. The summed E-state index contributed by atoms with van der Waals surface area (Å²) in [4.78, 5) is 29.4. The molecule has 0 saturated carbocycles. The monoisotopic (exact) mass is 361 g/mol. The zero-order valence-electron chi connectivity index (χ0n) is 14.5. The lowest BCUT2D eigenvalue weighted by Gasteiger charge is -2.35. The van der Waals surface area contributed by atoms with Crippen LogP contribution in [0.25, 0.3) is 10.1 Å². The summed E-state index contributed by atoms with van der Waals surface area (Å²) in [6.07, 6.45) is 0. The molecule has 0 spiro atoms. The number of carbonyl (C=O) groups excluding carboxylic acids is 2. The second kappa shape index (κ2) is 7.51. The highest BCUT2D eigenvalue weighted by Crippen LogP contribution is 2.31. The highest BCUT2D eigenvalue weighted by molar-refractivity contribution is 7.21. The summed E-state index contributed by atoms with van der Waals surface area (Å²) >= 11 is 1.54. The van der Waals surface area contributed by atoms with Gasteiger partial charge < -0.3 is 20.3 Å². The first-order valence-electron chi connectivity index (χ1n) is 8.33. The van der Waals surface area contributed by atoms with Crippen LogP contribution in [-0.2, 0) is 9.53 Å². The van der Waals surface area contributed by atoms with Crippen molar-refractivity contribution < 1.29 is 14.3 Å². The number of hydrogen-bond donors (Lipinski definition) is 1. The van der Waals surface area contributed by atoms with E-state index in [1.165, 1.54) is 18.4 Å². The van der Waals surface area contributed by atoms with Crippen LogP contribution in [0.3, 0.4) is 0 Å². The molecule has 1 saturated heterocycles. The Hall–Kier alpha value is -1.96. The van der Waals surface area contributed by atoms with Crippen molar-refractivity contribution in [3.63, 3.8) is 0 Å². The number of nitrogens with zero attached hydrogens (tertiary/aromatic N) is 2. The summed E-state index contributed by atoms with van der Waals surface area (Å²) in [5, 5.41) is 1.13. The number of benzene rings is 1. The van der Waals surface area contributed by atoms with E-state index in [-0.39, 0.29) is 18.4 Å². The van der Waals surface area contributed by atoms with Crippen LogP contribution in [0.1, 0.15) is 15.2 Å². The highest BCUT2D eigenvalue weighted by atomic mass is 32.1. The smallest absolute Gasteiger partial charge is 0.264 e. The number of aryl methyl sites for hydroxylation is 1. The van der Waals surface area contributed by atoms with Gasteiger partial charge in [-0.25, -0.2) is 0 Å². The maximum absolute atomic E-state index is 12.9. The minimum atomic E-state index is -0.642. The Morgan fingerprint density at radius 2 is 1.84 bits per heavy atom. The van der Waals surface area contributed by atoms with Crippen molar-refractivity contribution in [3.05, 3.63) is 34.7 Å². The van der Waals surface area contributed by atoms with Crippen molar-refractivity contribution in [2.45, 2.75) is 13.0 Å². The van der Waals surface area contributed by atoms with Crippen molar-refractivity contribution in [3.8, 4) is 0 Å². The Bertz CT molecular complexity index is 781. The van der Waals surface area contributed by atoms with Crippen LogP contribution in [0.5, 0.6) is 0 Å². The number of nitrogens with two attached hydrogens (primary N) is 1. The molecule has 1 unspecified atom stereocenters. The van der Waals surface area contributed by atoms with E-state index in [4.69, 9.17) is 10.5 Å². The number of hydrogen-bond acceptors (Lipinski definition) is 5. The Labute approximate surface area is 151 Å². The van der Waals surface area contributed by atoms with Crippen LogP contribution >= 0.6 is 11.3 Å². The second-order valence-electron chi connectivity index (χ2n) is 6.23. The maximum atomic E-state index is 12.9. The molecule has 1 atom stereocenters. The summed E-state index contributed by atoms with van der Waals surface area (Å²) in [5.41, 5.74) is 6.85. The van der Waals surface area contributed by atoms with E-state index >= 15 is 0 Å². The van der Waals surface area contributed by atoms with Gasteiger partial charge in [0, 0.05) is 38.0 Å². The lowest BCUT2D eigenvalue weighted by atomic mass is 10.1. The zero-order valence-corrected chi connectivity index (χ0v) is 15.3.